The highest BCUT2D eigenvalue weighted by Crippen LogP contribution is 2.22. The van der Waals surface area contributed by atoms with Gasteiger partial charge < -0.3 is 4.98 Å². The lowest BCUT2D eigenvalue weighted by molar-refractivity contribution is 1.17. The zero-order valence-corrected chi connectivity index (χ0v) is 12.1. The number of halogens is 2. The summed E-state index contributed by atoms with van der Waals surface area (Å²) >= 11 is 4.80. The lowest BCUT2D eigenvalue weighted by Crippen LogP contribution is -1.87. The van der Waals surface area contributed by atoms with Crippen molar-refractivity contribution in [1.82, 2.24) is 9.97 Å². The van der Waals surface area contributed by atoms with Crippen LogP contribution in [0.4, 0.5) is 0 Å². The molecule has 4 heteroatoms. The number of aromatic nitrogens is 2. The van der Waals surface area contributed by atoms with E-state index >= 15 is 0 Å². The first-order valence-electron chi connectivity index (χ1n) is 4.34. The smallest absolute Gasteiger partial charge is 0.104 e. The summed E-state index contributed by atoms with van der Waals surface area (Å²) < 4.78 is 2.11. The summed E-state index contributed by atoms with van der Waals surface area (Å²) in [4.78, 5) is 7.70. The predicted octanol–water partition coefficient (Wildman–Crippen LogP) is 3.74. The highest BCUT2D eigenvalue weighted by atomic mass is 127. The van der Waals surface area contributed by atoms with Gasteiger partial charge in [0.15, 0.2) is 0 Å². The molecule has 0 fully saturated rings. The Morgan fingerprint density at radius 1 is 1.21 bits per heavy atom. The van der Waals surface area contributed by atoms with Crippen LogP contribution in [-0.2, 0) is 8.86 Å². The molecule has 1 aromatic carbocycles. The van der Waals surface area contributed by atoms with Crippen LogP contribution in [0.2, 0.25) is 0 Å². The number of fused-ring (bicyclic) bond motifs is 1. The van der Waals surface area contributed by atoms with Crippen LogP contribution in [0.5, 0.6) is 0 Å². The van der Waals surface area contributed by atoms with Crippen LogP contribution in [-0.4, -0.2) is 9.97 Å². The van der Waals surface area contributed by atoms with Crippen LogP contribution in [0.3, 0.4) is 0 Å². The maximum atomic E-state index is 4.44. The molecule has 0 aliphatic rings. The fourth-order valence-corrected chi connectivity index (χ4v) is 2.94. The van der Waals surface area contributed by atoms with Gasteiger partial charge in [-0.1, -0.05) is 45.2 Å². The first kappa shape index (κ1) is 10.7. The van der Waals surface area contributed by atoms with E-state index < -0.39 is 0 Å². The van der Waals surface area contributed by atoms with Gasteiger partial charge in [0.2, 0.25) is 0 Å². The fourth-order valence-electron chi connectivity index (χ4n) is 1.52. The molecular formula is C10H10I2N2. The number of H-pyrrole nitrogens is 1. The Balaban J connectivity index is 2.68. The molecule has 0 radical (unpaired) electrons. The SMILES string of the molecule is Cc1nc2cc(CI)c(CI)cc2[nH]1. The number of aromatic amines is 1. The normalized spacial score (nSPS) is 11.1. The molecule has 0 saturated carbocycles. The van der Waals surface area contributed by atoms with Crippen LogP contribution in [0.15, 0.2) is 12.1 Å². The molecule has 0 atom stereocenters. The monoisotopic (exact) mass is 412 g/mol. The molecule has 1 heterocycles. The third kappa shape index (κ3) is 1.91. The molecule has 2 rings (SSSR count). The Morgan fingerprint density at radius 2 is 1.86 bits per heavy atom. The molecule has 0 bridgehead atoms. The summed E-state index contributed by atoms with van der Waals surface area (Å²) in [5.41, 5.74) is 5.06. The van der Waals surface area contributed by atoms with Gasteiger partial charge in [0.05, 0.1) is 11.0 Å². The van der Waals surface area contributed by atoms with Crippen molar-refractivity contribution in [3.05, 3.63) is 29.1 Å². The number of hydrogen-bond acceptors (Lipinski definition) is 1. The van der Waals surface area contributed by atoms with Crippen molar-refractivity contribution in [2.45, 2.75) is 15.8 Å². The summed E-state index contributed by atoms with van der Waals surface area (Å²) in [6.07, 6.45) is 0. The lowest BCUT2D eigenvalue weighted by Gasteiger charge is -2.03. The van der Waals surface area contributed by atoms with Gasteiger partial charge in [-0.25, -0.2) is 4.98 Å². The zero-order valence-electron chi connectivity index (χ0n) is 7.77. The van der Waals surface area contributed by atoms with Crippen molar-refractivity contribution < 1.29 is 0 Å². The minimum absolute atomic E-state index is 0.991. The molecule has 2 aromatic rings. The number of hydrogen-bond donors (Lipinski definition) is 1. The quantitative estimate of drug-likeness (QED) is 0.591. The standard InChI is InChI=1S/C10H10I2N2/c1-6-13-9-2-7(4-11)8(5-12)3-10(9)14-6/h2-3H,4-5H2,1H3,(H,13,14). The average molecular weight is 412 g/mol. The lowest BCUT2D eigenvalue weighted by atomic mass is 10.1. The molecule has 74 valence electrons. The second kappa shape index (κ2) is 4.34. The molecule has 0 amide bonds. The van der Waals surface area contributed by atoms with Crippen molar-refractivity contribution in [2.24, 2.45) is 0 Å². The molecular weight excluding hydrogens is 402 g/mol. The summed E-state index contributed by atoms with van der Waals surface area (Å²) in [5.74, 6) is 0.991. The number of rotatable bonds is 2. The Morgan fingerprint density at radius 3 is 2.50 bits per heavy atom. The average Bonchev–Trinajstić information content (AvgIpc) is 2.54. The number of nitrogens with one attached hydrogen (secondary N) is 1. The number of alkyl halides is 2. The van der Waals surface area contributed by atoms with Crippen molar-refractivity contribution in [3.63, 3.8) is 0 Å². The van der Waals surface area contributed by atoms with Gasteiger partial charge in [-0.15, -0.1) is 0 Å². The van der Waals surface area contributed by atoms with Crippen molar-refractivity contribution >= 4 is 56.2 Å². The van der Waals surface area contributed by atoms with Crippen LogP contribution < -0.4 is 0 Å². The van der Waals surface area contributed by atoms with E-state index in [4.69, 9.17) is 0 Å². The molecule has 0 spiro atoms. The minimum Gasteiger partial charge on any atom is -0.342 e. The summed E-state index contributed by atoms with van der Waals surface area (Å²) in [7, 11) is 0. The third-order valence-electron chi connectivity index (χ3n) is 2.21. The third-order valence-corrected chi connectivity index (χ3v) is 3.85. The summed E-state index contributed by atoms with van der Waals surface area (Å²) in [6.45, 7) is 1.99. The van der Waals surface area contributed by atoms with E-state index in [1.807, 2.05) is 6.92 Å². The van der Waals surface area contributed by atoms with Gasteiger partial charge in [0, 0.05) is 8.86 Å². The molecule has 1 N–H and O–H groups in total. The topological polar surface area (TPSA) is 28.7 Å². The van der Waals surface area contributed by atoms with Gasteiger partial charge in [0.25, 0.3) is 0 Å². The molecule has 1 aromatic heterocycles. The largest absolute Gasteiger partial charge is 0.342 e. The number of imidazole rings is 1. The minimum atomic E-state index is 0.991. The number of aryl methyl sites for hydroxylation is 1. The number of nitrogens with zero attached hydrogens (tertiary/aromatic N) is 1. The molecule has 0 unspecified atom stereocenters. The van der Waals surface area contributed by atoms with E-state index in [2.05, 4.69) is 67.3 Å². The van der Waals surface area contributed by atoms with E-state index in [0.29, 0.717) is 0 Å². The van der Waals surface area contributed by atoms with Crippen molar-refractivity contribution in [1.29, 1.82) is 0 Å². The Bertz CT molecular complexity index is 421. The van der Waals surface area contributed by atoms with Gasteiger partial charge in [-0.05, 0) is 30.2 Å². The van der Waals surface area contributed by atoms with E-state index in [1.54, 1.807) is 0 Å². The summed E-state index contributed by atoms with van der Waals surface area (Å²) in [5, 5.41) is 0. The van der Waals surface area contributed by atoms with Gasteiger partial charge in [0.1, 0.15) is 5.82 Å². The molecule has 2 nitrogen and oxygen atoms in total. The molecule has 14 heavy (non-hydrogen) atoms. The molecule has 0 aliphatic heterocycles. The zero-order chi connectivity index (χ0) is 10.1. The van der Waals surface area contributed by atoms with Gasteiger partial charge in [-0.2, -0.15) is 0 Å². The Kier molecular flexibility index (Phi) is 3.30. The molecule has 0 saturated heterocycles. The van der Waals surface area contributed by atoms with Crippen molar-refractivity contribution in [3.8, 4) is 0 Å². The Hall–Kier alpha value is 0.150. The summed E-state index contributed by atoms with van der Waals surface area (Å²) in [6, 6.07) is 4.41. The first-order valence-corrected chi connectivity index (χ1v) is 7.39. The second-order valence-corrected chi connectivity index (χ2v) is 4.75. The van der Waals surface area contributed by atoms with Crippen LogP contribution in [0.1, 0.15) is 17.0 Å². The van der Waals surface area contributed by atoms with Crippen LogP contribution in [0, 0.1) is 6.92 Å². The van der Waals surface area contributed by atoms with Gasteiger partial charge >= 0.3 is 0 Å². The van der Waals surface area contributed by atoms with Crippen molar-refractivity contribution in [2.75, 3.05) is 0 Å². The molecule has 0 aliphatic carbocycles. The predicted molar refractivity (Wildman–Crippen MR) is 76.3 cm³/mol. The number of benzene rings is 1. The van der Waals surface area contributed by atoms with Gasteiger partial charge in [-0.3, -0.25) is 0 Å². The second-order valence-electron chi connectivity index (χ2n) is 3.23. The van der Waals surface area contributed by atoms with E-state index in [1.165, 1.54) is 11.1 Å². The Labute approximate surface area is 110 Å². The first-order chi connectivity index (χ1) is 6.74. The maximum Gasteiger partial charge on any atom is 0.104 e. The van der Waals surface area contributed by atoms with E-state index in [-0.39, 0.29) is 0 Å². The maximum absolute atomic E-state index is 4.44. The van der Waals surface area contributed by atoms with Crippen LogP contribution in [0.25, 0.3) is 11.0 Å². The van der Waals surface area contributed by atoms with E-state index in [0.717, 1.165) is 25.7 Å². The van der Waals surface area contributed by atoms with Crippen LogP contribution >= 0.6 is 45.2 Å². The highest BCUT2D eigenvalue weighted by molar-refractivity contribution is 14.1. The van der Waals surface area contributed by atoms with E-state index in [9.17, 15) is 0 Å². The fraction of sp³-hybridized carbons (Fsp3) is 0.300. The highest BCUT2D eigenvalue weighted by Gasteiger charge is 2.05.